The van der Waals surface area contributed by atoms with Crippen LogP contribution in [-0.2, 0) is 0 Å². The van der Waals surface area contributed by atoms with Gasteiger partial charge >= 0.3 is 0 Å². The maximum atomic E-state index is 11.8. The van der Waals surface area contributed by atoms with Crippen molar-refractivity contribution in [3.8, 4) is 11.5 Å². The van der Waals surface area contributed by atoms with Crippen molar-refractivity contribution < 1.29 is 15.0 Å². The summed E-state index contributed by atoms with van der Waals surface area (Å²) in [6.45, 7) is 0. The van der Waals surface area contributed by atoms with Crippen molar-refractivity contribution in [2.24, 2.45) is 0 Å². The Morgan fingerprint density at radius 2 is 2.11 bits per heavy atom. The highest BCUT2D eigenvalue weighted by atomic mass is 32.2. The monoisotopic (exact) mass is 262 g/mol. The normalized spacial score (nSPS) is 10.2. The molecule has 0 saturated carbocycles. The summed E-state index contributed by atoms with van der Waals surface area (Å²) in [7, 11) is 0. The van der Waals surface area contributed by atoms with E-state index in [-0.39, 0.29) is 28.6 Å². The number of phenolic OH excluding ortho intramolecular Hbond substituents is 2. The number of phenols is 2. The first kappa shape index (κ1) is 12.4. The van der Waals surface area contributed by atoms with Crippen molar-refractivity contribution in [1.29, 1.82) is 0 Å². The van der Waals surface area contributed by atoms with E-state index < -0.39 is 0 Å². The molecule has 0 unspecified atom stereocenters. The lowest BCUT2D eigenvalue weighted by Gasteiger charge is -2.03. The van der Waals surface area contributed by atoms with Crippen LogP contribution in [-0.4, -0.2) is 31.7 Å². The van der Waals surface area contributed by atoms with Gasteiger partial charge in [0.15, 0.2) is 5.78 Å². The van der Waals surface area contributed by atoms with E-state index in [1.165, 1.54) is 23.9 Å². The van der Waals surface area contributed by atoms with Gasteiger partial charge in [0.2, 0.25) is 0 Å². The van der Waals surface area contributed by atoms with Crippen LogP contribution in [0.25, 0.3) is 0 Å². The van der Waals surface area contributed by atoms with E-state index in [0.29, 0.717) is 5.03 Å². The molecule has 92 valence electrons. The minimum absolute atomic E-state index is 0.0781. The second kappa shape index (κ2) is 5.50. The number of carbonyl (C=O) groups excluding carboxylic acids is 1. The summed E-state index contributed by atoms with van der Waals surface area (Å²) in [5, 5.41) is 19.3. The molecule has 0 saturated heterocycles. The van der Waals surface area contributed by atoms with E-state index in [4.69, 9.17) is 5.11 Å². The van der Waals surface area contributed by atoms with E-state index in [1.54, 1.807) is 18.6 Å². The molecule has 5 nitrogen and oxygen atoms in total. The number of nitrogens with zero attached hydrogens (tertiary/aromatic N) is 2. The number of aromatic nitrogens is 2. The highest BCUT2D eigenvalue weighted by Gasteiger charge is 2.12. The van der Waals surface area contributed by atoms with Crippen LogP contribution in [0.4, 0.5) is 0 Å². The van der Waals surface area contributed by atoms with Gasteiger partial charge in [-0.05, 0) is 12.1 Å². The van der Waals surface area contributed by atoms with E-state index >= 15 is 0 Å². The third-order valence-electron chi connectivity index (χ3n) is 2.17. The summed E-state index contributed by atoms with van der Waals surface area (Å²) < 4.78 is 0. The summed E-state index contributed by atoms with van der Waals surface area (Å²) >= 11 is 1.24. The van der Waals surface area contributed by atoms with Crippen molar-refractivity contribution in [3.63, 3.8) is 0 Å². The van der Waals surface area contributed by atoms with E-state index in [9.17, 15) is 9.90 Å². The number of thioether (sulfide) groups is 1. The van der Waals surface area contributed by atoms with Crippen LogP contribution in [0.15, 0.2) is 41.8 Å². The van der Waals surface area contributed by atoms with Crippen LogP contribution in [0.5, 0.6) is 11.5 Å². The molecule has 1 heterocycles. The average molecular weight is 262 g/mol. The summed E-state index contributed by atoms with van der Waals surface area (Å²) in [4.78, 5) is 19.8. The lowest BCUT2D eigenvalue weighted by atomic mass is 10.1. The first-order valence-electron chi connectivity index (χ1n) is 5.11. The number of Topliss-reactive ketones (excluding diaryl/α,β-unsaturated/α-hetero) is 1. The zero-order valence-electron chi connectivity index (χ0n) is 9.28. The Balaban J connectivity index is 2.04. The van der Waals surface area contributed by atoms with Gasteiger partial charge in [-0.15, -0.1) is 0 Å². The zero-order valence-corrected chi connectivity index (χ0v) is 10.1. The lowest BCUT2D eigenvalue weighted by molar-refractivity contribution is 0.102. The number of ketones is 1. The van der Waals surface area contributed by atoms with Crippen LogP contribution >= 0.6 is 11.8 Å². The topological polar surface area (TPSA) is 83.3 Å². The maximum Gasteiger partial charge on any atom is 0.176 e. The van der Waals surface area contributed by atoms with Gasteiger partial charge in [-0.1, -0.05) is 11.8 Å². The van der Waals surface area contributed by atoms with Crippen molar-refractivity contribution in [3.05, 3.63) is 42.4 Å². The molecule has 0 radical (unpaired) electrons. The van der Waals surface area contributed by atoms with Crippen LogP contribution in [0.2, 0.25) is 0 Å². The van der Waals surface area contributed by atoms with Gasteiger partial charge in [0.05, 0.1) is 17.5 Å². The summed E-state index contributed by atoms with van der Waals surface area (Å²) in [5.41, 5.74) is 0.184. The summed E-state index contributed by atoms with van der Waals surface area (Å²) in [6, 6.07) is 3.89. The Morgan fingerprint density at radius 3 is 2.78 bits per heavy atom. The van der Waals surface area contributed by atoms with Crippen molar-refractivity contribution in [2.75, 3.05) is 5.75 Å². The average Bonchev–Trinajstić information content (AvgIpc) is 2.37. The third kappa shape index (κ3) is 2.98. The molecule has 0 fully saturated rings. The zero-order chi connectivity index (χ0) is 13.0. The Morgan fingerprint density at radius 1 is 1.28 bits per heavy atom. The number of benzene rings is 1. The molecule has 18 heavy (non-hydrogen) atoms. The standard InChI is InChI=1S/C12H10N2O3S/c15-8-1-2-9(10(16)5-8)11(17)7-18-12-6-13-3-4-14-12/h1-6,15-16H,7H2. The predicted octanol–water partition coefficient (Wildman–Crippen LogP) is 1.86. The van der Waals surface area contributed by atoms with Gasteiger partial charge in [0.25, 0.3) is 0 Å². The molecule has 0 atom stereocenters. The molecule has 2 rings (SSSR count). The number of aromatic hydroxyl groups is 2. The number of carbonyl (C=O) groups is 1. The van der Waals surface area contributed by atoms with E-state index in [2.05, 4.69) is 9.97 Å². The molecule has 1 aromatic carbocycles. The molecule has 0 amide bonds. The SMILES string of the molecule is O=C(CSc1cnccn1)c1ccc(O)cc1O. The summed E-state index contributed by atoms with van der Waals surface area (Å²) in [5.74, 6) is -0.384. The number of hydrogen-bond acceptors (Lipinski definition) is 6. The minimum Gasteiger partial charge on any atom is -0.508 e. The maximum absolute atomic E-state index is 11.8. The number of rotatable bonds is 4. The molecule has 2 N–H and O–H groups in total. The molecule has 0 aliphatic heterocycles. The molecular weight excluding hydrogens is 252 g/mol. The van der Waals surface area contributed by atoms with Gasteiger partial charge in [-0.2, -0.15) is 0 Å². The van der Waals surface area contributed by atoms with Crippen LogP contribution < -0.4 is 0 Å². The molecule has 0 aliphatic rings. The molecule has 0 spiro atoms. The molecular formula is C12H10N2O3S. The summed E-state index contributed by atoms with van der Waals surface area (Å²) in [6.07, 6.45) is 4.66. The van der Waals surface area contributed by atoms with E-state index in [0.717, 1.165) is 6.07 Å². The van der Waals surface area contributed by atoms with Gasteiger partial charge in [-0.3, -0.25) is 9.78 Å². The fourth-order valence-corrected chi connectivity index (χ4v) is 2.04. The quantitative estimate of drug-likeness (QED) is 0.646. The van der Waals surface area contributed by atoms with Crippen molar-refractivity contribution in [2.45, 2.75) is 5.03 Å². The third-order valence-corrected chi connectivity index (χ3v) is 3.09. The first-order valence-corrected chi connectivity index (χ1v) is 6.09. The van der Waals surface area contributed by atoms with Crippen LogP contribution in [0.3, 0.4) is 0 Å². The number of hydrogen-bond donors (Lipinski definition) is 2. The highest BCUT2D eigenvalue weighted by Crippen LogP contribution is 2.24. The smallest absolute Gasteiger partial charge is 0.176 e. The molecule has 2 aromatic rings. The van der Waals surface area contributed by atoms with Gasteiger partial charge < -0.3 is 10.2 Å². The Hall–Kier alpha value is -2.08. The van der Waals surface area contributed by atoms with Gasteiger partial charge in [0, 0.05) is 18.5 Å². The fourth-order valence-electron chi connectivity index (χ4n) is 1.33. The molecule has 0 aliphatic carbocycles. The van der Waals surface area contributed by atoms with Crippen LogP contribution in [0, 0.1) is 0 Å². The second-order valence-electron chi connectivity index (χ2n) is 3.46. The van der Waals surface area contributed by atoms with Crippen LogP contribution in [0.1, 0.15) is 10.4 Å². The Kier molecular flexibility index (Phi) is 3.78. The minimum atomic E-state index is -0.233. The largest absolute Gasteiger partial charge is 0.508 e. The van der Waals surface area contributed by atoms with Gasteiger partial charge in [0.1, 0.15) is 16.5 Å². The van der Waals surface area contributed by atoms with Gasteiger partial charge in [-0.25, -0.2) is 4.98 Å². The fraction of sp³-hybridized carbons (Fsp3) is 0.0833. The van der Waals surface area contributed by atoms with E-state index in [1.807, 2.05) is 0 Å². The first-order chi connectivity index (χ1) is 8.66. The van der Waals surface area contributed by atoms with Crippen molar-refractivity contribution in [1.82, 2.24) is 9.97 Å². The lowest BCUT2D eigenvalue weighted by Crippen LogP contribution is -2.02. The molecule has 6 heteroatoms. The Bertz CT molecular complexity index is 561. The van der Waals surface area contributed by atoms with Crippen molar-refractivity contribution >= 4 is 17.5 Å². The predicted molar refractivity (Wildman–Crippen MR) is 66.9 cm³/mol. The Labute approximate surface area is 108 Å². The highest BCUT2D eigenvalue weighted by molar-refractivity contribution is 7.99. The molecule has 1 aromatic heterocycles. The second-order valence-corrected chi connectivity index (χ2v) is 4.45. The molecule has 0 bridgehead atoms.